The van der Waals surface area contributed by atoms with E-state index in [1.54, 1.807) is 11.3 Å². The molecule has 1 fully saturated rings. The van der Waals surface area contributed by atoms with E-state index in [9.17, 15) is 4.79 Å². The number of carbonyl (C=O) groups excluding carboxylic acids is 1. The number of hydrogen-bond acceptors (Lipinski definition) is 3. The Hall–Kier alpha value is -0.390. The lowest BCUT2D eigenvalue weighted by Gasteiger charge is -2.09. The fourth-order valence-electron chi connectivity index (χ4n) is 1.86. The average molecular weight is 303 g/mol. The zero-order valence-electron chi connectivity index (χ0n) is 8.96. The molecule has 1 unspecified atom stereocenters. The first kappa shape index (κ1) is 12.1. The fraction of sp³-hybridized carbons (Fsp3) is 0.545. The van der Waals surface area contributed by atoms with Crippen molar-refractivity contribution in [1.82, 2.24) is 10.6 Å². The number of halogens is 1. The number of carbonyl (C=O) groups is 1. The molecule has 1 atom stereocenters. The summed E-state index contributed by atoms with van der Waals surface area (Å²) in [6.07, 6.45) is 2.91. The van der Waals surface area contributed by atoms with Crippen LogP contribution in [0.3, 0.4) is 0 Å². The zero-order chi connectivity index (χ0) is 11.4. The van der Waals surface area contributed by atoms with Gasteiger partial charge in [-0.1, -0.05) is 0 Å². The first-order chi connectivity index (χ1) is 7.75. The number of amides is 1. The Morgan fingerprint density at radius 3 is 3.19 bits per heavy atom. The lowest BCUT2D eigenvalue weighted by atomic mass is 10.1. The molecular formula is C11H15BrN2OS. The summed E-state index contributed by atoms with van der Waals surface area (Å²) in [5.41, 5.74) is 0. The Kier molecular flexibility index (Phi) is 4.37. The largest absolute Gasteiger partial charge is 0.351 e. The highest BCUT2D eigenvalue weighted by Gasteiger charge is 2.17. The van der Waals surface area contributed by atoms with E-state index in [2.05, 4.69) is 26.6 Å². The van der Waals surface area contributed by atoms with Crippen LogP contribution in [0.1, 0.15) is 24.1 Å². The summed E-state index contributed by atoms with van der Waals surface area (Å²) in [6, 6.07) is 2.39. The number of hydrogen-bond donors (Lipinski definition) is 2. The van der Waals surface area contributed by atoms with E-state index in [0.717, 1.165) is 17.4 Å². The Balaban J connectivity index is 1.73. The molecule has 1 aromatic rings. The van der Waals surface area contributed by atoms with E-state index in [1.807, 2.05) is 11.4 Å². The van der Waals surface area contributed by atoms with Crippen molar-refractivity contribution in [1.29, 1.82) is 0 Å². The van der Waals surface area contributed by atoms with Crippen LogP contribution in [0.4, 0.5) is 0 Å². The van der Waals surface area contributed by atoms with Crippen LogP contribution in [0.5, 0.6) is 0 Å². The van der Waals surface area contributed by atoms with Crippen molar-refractivity contribution >= 4 is 33.2 Å². The van der Waals surface area contributed by atoms with Gasteiger partial charge in [-0.2, -0.15) is 0 Å². The molecule has 2 N–H and O–H groups in total. The highest BCUT2D eigenvalue weighted by atomic mass is 79.9. The van der Waals surface area contributed by atoms with Gasteiger partial charge in [0.2, 0.25) is 5.91 Å². The molecule has 0 bridgehead atoms. The van der Waals surface area contributed by atoms with Gasteiger partial charge < -0.3 is 10.6 Å². The molecule has 1 aromatic heterocycles. The van der Waals surface area contributed by atoms with Crippen LogP contribution in [-0.4, -0.2) is 18.5 Å². The molecule has 0 radical (unpaired) electrons. The smallest absolute Gasteiger partial charge is 0.221 e. The normalized spacial score (nSPS) is 19.9. The van der Waals surface area contributed by atoms with Crippen LogP contribution >= 0.6 is 27.3 Å². The summed E-state index contributed by atoms with van der Waals surface area (Å²) in [5.74, 6) is 0.139. The van der Waals surface area contributed by atoms with Crippen molar-refractivity contribution in [2.24, 2.45) is 0 Å². The molecule has 1 saturated heterocycles. The molecule has 2 heterocycles. The second kappa shape index (κ2) is 5.80. The third-order valence-electron chi connectivity index (χ3n) is 2.73. The van der Waals surface area contributed by atoms with Crippen LogP contribution in [0.15, 0.2) is 15.9 Å². The quantitative estimate of drug-likeness (QED) is 0.896. The third-order valence-corrected chi connectivity index (χ3v) is 4.66. The van der Waals surface area contributed by atoms with Crippen molar-refractivity contribution < 1.29 is 4.79 Å². The second-order valence-electron chi connectivity index (χ2n) is 3.97. The molecule has 0 saturated carbocycles. The van der Waals surface area contributed by atoms with Gasteiger partial charge in [-0.15, -0.1) is 11.3 Å². The number of rotatable bonds is 4. The molecular weight excluding hydrogens is 288 g/mol. The monoisotopic (exact) mass is 302 g/mol. The van der Waals surface area contributed by atoms with Gasteiger partial charge in [0.15, 0.2) is 0 Å². The standard InChI is InChI=1S/C11H15BrN2OS/c12-9-3-5-16-10(9)7-14-11(15)6-8-2-1-4-13-8/h3,5,8,13H,1-2,4,6-7H2,(H,14,15). The van der Waals surface area contributed by atoms with Crippen LogP contribution in [0, 0.1) is 0 Å². The lowest BCUT2D eigenvalue weighted by Crippen LogP contribution is -2.31. The van der Waals surface area contributed by atoms with Crippen LogP contribution in [0.2, 0.25) is 0 Å². The molecule has 3 nitrogen and oxygen atoms in total. The minimum atomic E-state index is 0.139. The van der Waals surface area contributed by atoms with Crippen LogP contribution in [0.25, 0.3) is 0 Å². The van der Waals surface area contributed by atoms with Crippen molar-refractivity contribution in [3.63, 3.8) is 0 Å². The summed E-state index contributed by atoms with van der Waals surface area (Å²) in [5, 5.41) is 8.30. The maximum atomic E-state index is 11.6. The predicted octanol–water partition coefficient (Wildman–Crippen LogP) is 2.27. The summed E-state index contributed by atoms with van der Waals surface area (Å²) in [7, 11) is 0. The van der Waals surface area contributed by atoms with E-state index in [-0.39, 0.29) is 5.91 Å². The maximum Gasteiger partial charge on any atom is 0.221 e. The van der Waals surface area contributed by atoms with Gasteiger partial charge in [-0.3, -0.25) is 4.79 Å². The second-order valence-corrected chi connectivity index (χ2v) is 5.82. The molecule has 1 aliphatic rings. The highest BCUT2D eigenvalue weighted by molar-refractivity contribution is 9.10. The van der Waals surface area contributed by atoms with E-state index in [0.29, 0.717) is 19.0 Å². The number of thiophene rings is 1. The topological polar surface area (TPSA) is 41.1 Å². The van der Waals surface area contributed by atoms with Gasteiger partial charge in [-0.05, 0) is 46.8 Å². The highest BCUT2D eigenvalue weighted by Crippen LogP contribution is 2.22. The van der Waals surface area contributed by atoms with Crippen molar-refractivity contribution in [2.45, 2.75) is 31.8 Å². The van der Waals surface area contributed by atoms with E-state index < -0.39 is 0 Å². The SMILES string of the molecule is O=C(CC1CCCN1)NCc1sccc1Br. The lowest BCUT2D eigenvalue weighted by molar-refractivity contribution is -0.121. The Morgan fingerprint density at radius 1 is 1.69 bits per heavy atom. The van der Waals surface area contributed by atoms with Gasteiger partial charge in [0, 0.05) is 21.8 Å². The zero-order valence-corrected chi connectivity index (χ0v) is 11.4. The van der Waals surface area contributed by atoms with Crippen LogP contribution in [-0.2, 0) is 11.3 Å². The molecule has 0 aliphatic carbocycles. The average Bonchev–Trinajstić information content (AvgIpc) is 2.87. The third kappa shape index (κ3) is 3.30. The summed E-state index contributed by atoms with van der Waals surface area (Å²) in [4.78, 5) is 12.8. The van der Waals surface area contributed by atoms with E-state index in [1.165, 1.54) is 11.3 Å². The molecule has 2 rings (SSSR count). The summed E-state index contributed by atoms with van der Waals surface area (Å²) >= 11 is 5.11. The molecule has 1 aliphatic heterocycles. The maximum absolute atomic E-state index is 11.6. The first-order valence-corrected chi connectivity index (χ1v) is 7.15. The van der Waals surface area contributed by atoms with Crippen LogP contribution < -0.4 is 10.6 Å². The minimum absolute atomic E-state index is 0.139. The summed E-state index contributed by atoms with van der Waals surface area (Å²) < 4.78 is 1.08. The molecule has 1 amide bonds. The van der Waals surface area contributed by atoms with Crippen molar-refractivity contribution in [3.05, 3.63) is 20.8 Å². The summed E-state index contributed by atoms with van der Waals surface area (Å²) in [6.45, 7) is 1.68. The Morgan fingerprint density at radius 2 is 2.56 bits per heavy atom. The van der Waals surface area contributed by atoms with Gasteiger partial charge in [0.25, 0.3) is 0 Å². The molecule has 88 valence electrons. The molecule has 5 heteroatoms. The molecule has 0 aromatic carbocycles. The van der Waals surface area contributed by atoms with Crippen molar-refractivity contribution in [2.75, 3.05) is 6.54 Å². The molecule has 16 heavy (non-hydrogen) atoms. The van der Waals surface area contributed by atoms with Gasteiger partial charge in [0.05, 0.1) is 6.54 Å². The van der Waals surface area contributed by atoms with Gasteiger partial charge >= 0.3 is 0 Å². The molecule has 0 spiro atoms. The predicted molar refractivity (Wildman–Crippen MR) is 69.5 cm³/mol. The number of nitrogens with one attached hydrogen (secondary N) is 2. The first-order valence-electron chi connectivity index (χ1n) is 5.47. The van der Waals surface area contributed by atoms with Crippen molar-refractivity contribution in [3.8, 4) is 0 Å². The Labute approximate surface area is 108 Å². The Bertz CT molecular complexity index is 361. The minimum Gasteiger partial charge on any atom is -0.351 e. The van der Waals surface area contributed by atoms with Gasteiger partial charge in [-0.25, -0.2) is 0 Å². The van der Waals surface area contributed by atoms with E-state index in [4.69, 9.17) is 0 Å². The van der Waals surface area contributed by atoms with Gasteiger partial charge in [0.1, 0.15) is 0 Å². The fourth-order valence-corrected chi connectivity index (χ4v) is 3.29. The van der Waals surface area contributed by atoms with E-state index >= 15 is 0 Å².